The first-order valence-electron chi connectivity index (χ1n) is 10.2. The molecule has 0 aromatic heterocycles. The van der Waals surface area contributed by atoms with Crippen LogP contribution in [0.25, 0.3) is 0 Å². The normalized spacial score (nSPS) is 15.9. The van der Waals surface area contributed by atoms with E-state index in [9.17, 15) is 9.59 Å². The standard InChI is InChI=1S/C23H27N3O4S/c1-4-30-19-11-7-17(8-12-19)24-21(27)15-20-22(28)25(2)23(31)26(20)14-13-16-5-9-18(29-3)10-6-16/h5-12,20H,4,13-15H2,1-3H3,(H,24,27). The number of methoxy groups -OCH3 is 1. The largest absolute Gasteiger partial charge is 0.497 e. The molecule has 1 atom stereocenters. The molecule has 1 saturated heterocycles. The summed E-state index contributed by atoms with van der Waals surface area (Å²) in [5.74, 6) is 1.12. The maximum Gasteiger partial charge on any atom is 0.251 e. The molecular formula is C23H27N3O4S. The molecule has 164 valence electrons. The summed E-state index contributed by atoms with van der Waals surface area (Å²) in [6.07, 6.45) is 0.724. The highest BCUT2D eigenvalue weighted by Gasteiger charge is 2.41. The zero-order valence-corrected chi connectivity index (χ0v) is 18.8. The second kappa shape index (κ2) is 10.3. The number of carbonyl (C=O) groups is 2. The Morgan fingerprint density at radius 1 is 1.10 bits per heavy atom. The number of rotatable bonds is 9. The summed E-state index contributed by atoms with van der Waals surface area (Å²) in [5.41, 5.74) is 1.75. The van der Waals surface area contributed by atoms with E-state index in [2.05, 4.69) is 5.32 Å². The second-order valence-electron chi connectivity index (χ2n) is 7.20. The third-order valence-electron chi connectivity index (χ3n) is 5.15. The topological polar surface area (TPSA) is 71.1 Å². The fraction of sp³-hybridized carbons (Fsp3) is 0.348. The average molecular weight is 442 g/mol. The van der Waals surface area contributed by atoms with Crippen LogP contribution < -0.4 is 14.8 Å². The number of carbonyl (C=O) groups excluding carboxylic acids is 2. The van der Waals surface area contributed by atoms with E-state index in [1.165, 1.54) is 4.90 Å². The van der Waals surface area contributed by atoms with Gasteiger partial charge in [-0.15, -0.1) is 0 Å². The molecule has 1 heterocycles. The summed E-state index contributed by atoms with van der Waals surface area (Å²) in [6, 6.07) is 14.3. The van der Waals surface area contributed by atoms with Gasteiger partial charge in [0.2, 0.25) is 5.91 Å². The molecule has 0 bridgehead atoms. The molecule has 8 heteroatoms. The Hall–Kier alpha value is -3.13. The molecule has 1 fully saturated rings. The highest BCUT2D eigenvalue weighted by Crippen LogP contribution is 2.22. The van der Waals surface area contributed by atoms with Crippen LogP contribution in [0, 0.1) is 0 Å². The maximum absolute atomic E-state index is 12.7. The van der Waals surface area contributed by atoms with E-state index in [4.69, 9.17) is 21.7 Å². The molecule has 0 radical (unpaired) electrons. The van der Waals surface area contributed by atoms with Crippen LogP contribution in [0.2, 0.25) is 0 Å². The number of hydrogen-bond donors (Lipinski definition) is 1. The first-order chi connectivity index (χ1) is 14.9. The number of hydrogen-bond acceptors (Lipinski definition) is 5. The SMILES string of the molecule is CCOc1ccc(NC(=O)CC2C(=O)N(C)C(=S)N2CCc2ccc(OC)cc2)cc1. The van der Waals surface area contributed by atoms with Crippen LogP contribution in [0.15, 0.2) is 48.5 Å². The van der Waals surface area contributed by atoms with Crippen LogP contribution >= 0.6 is 12.2 Å². The van der Waals surface area contributed by atoms with Crippen molar-refractivity contribution in [3.63, 3.8) is 0 Å². The highest BCUT2D eigenvalue weighted by molar-refractivity contribution is 7.80. The van der Waals surface area contributed by atoms with Gasteiger partial charge in [-0.25, -0.2) is 0 Å². The Kier molecular flexibility index (Phi) is 7.46. The van der Waals surface area contributed by atoms with Gasteiger partial charge < -0.3 is 19.7 Å². The minimum absolute atomic E-state index is 0.0269. The van der Waals surface area contributed by atoms with E-state index in [1.54, 1.807) is 38.4 Å². The van der Waals surface area contributed by atoms with Crippen molar-refractivity contribution < 1.29 is 19.1 Å². The van der Waals surface area contributed by atoms with Crippen LogP contribution in [-0.4, -0.2) is 60.1 Å². The van der Waals surface area contributed by atoms with Gasteiger partial charge in [0.1, 0.15) is 17.5 Å². The number of ether oxygens (including phenoxy) is 2. The zero-order valence-electron chi connectivity index (χ0n) is 18.0. The molecule has 2 amide bonds. The Morgan fingerprint density at radius 3 is 2.35 bits per heavy atom. The van der Waals surface area contributed by atoms with Gasteiger partial charge >= 0.3 is 0 Å². The van der Waals surface area contributed by atoms with Crippen molar-refractivity contribution in [3.05, 3.63) is 54.1 Å². The van der Waals surface area contributed by atoms with Gasteiger partial charge in [0.25, 0.3) is 5.91 Å². The zero-order chi connectivity index (χ0) is 22.4. The van der Waals surface area contributed by atoms with Gasteiger partial charge in [-0.1, -0.05) is 12.1 Å². The fourth-order valence-electron chi connectivity index (χ4n) is 3.46. The molecule has 1 aliphatic rings. The van der Waals surface area contributed by atoms with Crippen molar-refractivity contribution in [2.75, 3.05) is 32.6 Å². The van der Waals surface area contributed by atoms with E-state index in [1.807, 2.05) is 36.1 Å². The van der Waals surface area contributed by atoms with Crippen molar-refractivity contribution in [1.82, 2.24) is 9.80 Å². The number of nitrogens with zero attached hydrogens (tertiary/aromatic N) is 2. The summed E-state index contributed by atoms with van der Waals surface area (Å²) in [7, 11) is 3.28. The number of nitrogens with one attached hydrogen (secondary N) is 1. The van der Waals surface area contributed by atoms with Crippen LogP contribution in [0.1, 0.15) is 18.9 Å². The number of benzene rings is 2. The third-order valence-corrected chi connectivity index (χ3v) is 5.66. The number of amides is 2. The van der Waals surface area contributed by atoms with Gasteiger partial charge in [0.05, 0.1) is 20.1 Å². The van der Waals surface area contributed by atoms with E-state index in [0.29, 0.717) is 30.4 Å². The summed E-state index contributed by atoms with van der Waals surface area (Å²) in [6.45, 7) is 3.04. The van der Waals surface area contributed by atoms with Crippen molar-refractivity contribution >= 4 is 34.8 Å². The summed E-state index contributed by atoms with van der Waals surface area (Å²) in [4.78, 5) is 28.6. The first-order valence-corrected chi connectivity index (χ1v) is 10.6. The summed E-state index contributed by atoms with van der Waals surface area (Å²) < 4.78 is 10.6. The lowest BCUT2D eigenvalue weighted by Crippen LogP contribution is -2.39. The Bertz CT molecular complexity index is 931. The molecule has 2 aromatic rings. The monoisotopic (exact) mass is 441 g/mol. The lowest BCUT2D eigenvalue weighted by atomic mass is 10.1. The van der Waals surface area contributed by atoms with Crippen molar-refractivity contribution in [3.8, 4) is 11.5 Å². The average Bonchev–Trinajstić information content (AvgIpc) is 2.97. The van der Waals surface area contributed by atoms with Crippen LogP contribution in [0.3, 0.4) is 0 Å². The molecule has 7 nitrogen and oxygen atoms in total. The van der Waals surface area contributed by atoms with Crippen molar-refractivity contribution in [2.45, 2.75) is 25.8 Å². The number of anilines is 1. The lowest BCUT2D eigenvalue weighted by Gasteiger charge is -2.23. The second-order valence-corrected chi connectivity index (χ2v) is 7.56. The highest BCUT2D eigenvalue weighted by atomic mass is 32.1. The van der Waals surface area contributed by atoms with Crippen LogP contribution in [0.5, 0.6) is 11.5 Å². The number of likely N-dealkylation sites (N-methyl/N-ethyl adjacent to an activating group) is 1. The van der Waals surface area contributed by atoms with E-state index in [0.717, 1.165) is 17.1 Å². The van der Waals surface area contributed by atoms with Crippen LogP contribution in [-0.2, 0) is 16.0 Å². The Labute approximate surface area is 187 Å². The minimum Gasteiger partial charge on any atom is -0.497 e. The molecule has 1 N–H and O–H groups in total. The third kappa shape index (κ3) is 5.52. The fourth-order valence-corrected chi connectivity index (χ4v) is 3.77. The van der Waals surface area contributed by atoms with Crippen molar-refractivity contribution in [2.24, 2.45) is 0 Å². The van der Waals surface area contributed by atoms with Crippen molar-refractivity contribution in [1.29, 1.82) is 0 Å². The van der Waals surface area contributed by atoms with Gasteiger partial charge in [-0.3, -0.25) is 14.5 Å². The molecule has 3 rings (SSSR count). The van der Waals surface area contributed by atoms with Gasteiger partial charge in [0.15, 0.2) is 5.11 Å². The lowest BCUT2D eigenvalue weighted by molar-refractivity contribution is -0.130. The Morgan fingerprint density at radius 2 is 1.74 bits per heavy atom. The quantitative estimate of drug-likeness (QED) is 0.603. The molecule has 0 spiro atoms. The molecule has 31 heavy (non-hydrogen) atoms. The van der Waals surface area contributed by atoms with E-state index >= 15 is 0 Å². The summed E-state index contributed by atoms with van der Waals surface area (Å²) >= 11 is 5.46. The smallest absolute Gasteiger partial charge is 0.251 e. The minimum atomic E-state index is -0.613. The van der Waals surface area contributed by atoms with Gasteiger partial charge in [-0.2, -0.15) is 0 Å². The predicted molar refractivity (Wildman–Crippen MR) is 123 cm³/mol. The van der Waals surface area contributed by atoms with Gasteiger partial charge in [-0.05, 0) is 67.5 Å². The first kappa shape index (κ1) is 22.6. The van der Waals surface area contributed by atoms with Crippen LogP contribution in [0.4, 0.5) is 5.69 Å². The Balaban J connectivity index is 1.63. The predicted octanol–water partition coefficient (Wildman–Crippen LogP) is 3.09. The molecule has 2 aromatic carbocycles. The molecular weight excluding hydrogens is 414 g/mol. The van der Waals surface area contributed by atoms with E-state index in [-0.39, 0.29) is 18.2 Å². The molecule has 1 unspecified atom stereocenters. The molecule has 0 saturated carbocycles. The molecule has 0 aliphatic carbocycles. The van der Waals surface area contributed by atoms with Gasteiger partial charge in [0, 0.05) is 19.3 Å². The summed E-state index contributed by atoms with van der Waals surface area (Å²) in [5, 5.41) is 3.29. The molecule has 1 aliphatic heterocycles. The van der Waals surface area contributed by atoms with E-state index < -0.39 is 6.04 Å². The number of thiocarbonyl (C=S) groups is 1. The maximum atomic E-state index is 12.7.